The van der Waals surface area contributed by atoms with Crippen molar-refractivity contribution < 1.29 is 62.5 Å². The van der Waals surface area contributed by atoms with E-state index in [0.717, 1.165) is 30.5 Å². The quantitative estimate of drug-likeness (QED) is 0.0300. The molecule has 13 heteroatoms. The second kappa shape index (κ2) is 26.0. The number of hydrogen-bond donors (Lipinski definition) is 2. The standard InChI is InChI=1S/C60H58O13/c1-9-14-41-19-25-47(26-20-41)70-52-32-44(17-12-4)31-51(67-38(6)61)58(52)66-37-50(64)57(65)46-35-55(68-39(7)62)59(69-40(8)63)56(36-46)73-54-34-45(18-13-5)33-53(71-48-27-21-42(15-10-2)22-28-48)60(54)72-49-29-23-43(16-11-3)24-30-49/h9-13,19-36,50,57,64-65H,1-5,14-18,37H2,6-8H3. The van der Waals surface area contributed by atoms with E-state index in [2.05, 4.69) is 32.9 Å². The van der Waals surface area contributed by atoms with E-state index in [1.165, 1.54) is 19.1 Å². The zero-order valence-electron chi connectivity index (χ0n) is 41.1. The summed E-state index contributed by atoms with van der Waals surface area (Å²) in [4.78, 5) is 37.8. The third kappa shape index (κ3) is 15.2. The molecule has 0 aliphatic carbocycles. The van der Waals surface area contributed by atoms with Crippen LogP contribution in [0.4, 0.5) is 0 Å². The highest BCUT2D eigenvalue weighted by Crippen LogP contribution is 2.50. The van der Waals surface area contributed by atoms with Gasteiger partial charge in [-0.25, -0.2) is 0 Å². The average Bonchev–Trinajstić information content (AvgIpc) is 3.34. The predicted octanol–water partition coefficient (Wildman–Crippen LogP) is 12.7. The van der Waals surface area contributed by atoms with Gasteiger partial charge in [0, 0.05) is 20.8 Å². The van der Waals surface area contributed by atoms with Crippen LogP contribution in [0.1, 0.15) is 60.3 Å². The Bertz CT molecular complexity index is 2950. The number of hydrogen-bond acceptors (Lipinski definition) is 13. The van der Waals surface area contributed by atoms with E-state index in [0.29, 0.717) is 60.5 Å². The number of esters is 3. The number of aliphatic hydroxyl groups is 2. The SMILES string of the molecule is C=CCc1ccc(Oc2cc(CC=C)cc(OC(C)=O)c2OCC(O)C(O)c2cc(OC(C)=O)c(OC(C)=O)c(Oc3cc(CC=C)cc(Oc4ccc(CC=C)cc4)c3Oc3ccc(CC=C)cc3)c2)cc1. The lowest BCUT2D eigenvalue weighted by Crippen LogP contribution is -2.26. The van der Waals surface area contributed by atoms with Crippen LogP contribution >= 0.6 is 0 Å². The topological polar surface area (TPSA) is 166 Å². The first kappa shape index (κ1) is 53.7. The van der Waals surface area contributed by atoms with E-state index in [9.17, 15) is 24.6 Å². The van der Waals surface area contributed by atoms with Crippen molar-refractivity contribution in [1.82, 2.24) is 0 Å². The van der Waals surface area contributed by atoms with Crippen molar-refractivity contribution in [3.8, 4) is 69.0 Å². The van der Waals surface area contributed by atoms with Crippen LogP contribution in [0.25, 0.3) is 0 Å². The zero-order valence-corrected chi connectivity index (χ0v) is 41.1. The monoisotopic (exact) mass is 986 g/mol. The predicted molar refractivity (Wildman–Crippen MR) is 279 cm³/mol. The molecule has 0 saturated heterocycles. The molecule has 73 heavy (non-hydrogen) atoms. The summed E-state index contributed by atoms with van der Waals surface area (Å²) in [5.41, 5.74) is 4.31. The van der Waals surface area contributed by atoms with Crippen LogP contribution in [0.3, 0.4) is 0 Å². The molecular formula is C60H58O13. The molecule has 6 rings (SSSR count). The summed E-state index contributed by atoms with van der Waals surface area (Å²) in [5, 5.41) is 23.7. The van der Waals surface area contributed by atoms with Crippen molar-refractivity contribution >= 4 is 17.9 Å². The van der Waals surface area contributed by atoms with Gasteiger partial charge in [0.05, 0.1) is 0 Å². The maximum Gasteiger partial charge on any atom is 0.308 e. The first-order valence-corrected chi connectivity index (χ1v) is 23.3. The molecule has 2 N–H and O–H groups in total. The molecule has 0 spiro atoms. The van der Waals surface area contributed by atoms with Gasteiger partial charge in [-0.1, -0.05) is 66.8 Å². The van der Waals surface area contributed by atoms with Gasteiger partial charge in [0.15, 0.2) is 34.5 Å². The lowest BCUT2D eigenvalue weighted by Gasteiger charge is -2.23. The fourth-order valence-corrected chi connectivity index (χ4v) is 7.40. The van der Waals surface area contributed by atoms with Crippen molar-refractivity contribution in [3.63, 3.8) is 0 Å². The van der Waals surface area contributed by atoms with Crippen molar-refractivity contribution in [1.29, 1.82) is 0 Å². The first-order chi connectivity index (χ1) is 35.2. The zero-order chi connectivity index (χ0) is 52.4. The third-order valence-corrected chi connectivity index (χ3v) is 10.6. The Balaban J connectivity index is 1.43. The third-order valence-electron chi connectivity index (χ3n) is 10.6. The number of rotatable bonds is 26. The first-order valence-electron chi connectivity index (χ1n) is 23.3. The Kier molecular flexibility index (Phi) is 19.1. The molecule has 0 fully saturated rings. The highest BCUT2D eigenvalue weighted by Gasteiger charge is 2.29. The van der Waals surface area contributed by atoms with Gasteiger partial charge < -0.3 is 48.1 Å². The minimum Gasteiger partial charge on any atom is -0.484 e. The molecule has 0 bridgehead atoms. The van der Waals surface area contributed by atoms with E-state index in [-0.39, 0.29) is 57.3 Å². The van der Waals surface area contributed by atoms with Gasteiger partial charge in [-0.2, -0.15) is 0 Å². The van der Waals surface area contributed by atoms with Crippen molar-refractivity contribution in [3.05, 3.63) is 206 Å². The fraction of sp³-hybridized carbons (Fsp3) is 0.183. The second-order valence-electron chi connectivity index (χ2n) is 16.6. The van der Waals surface area contributed by atoms with Crippen LogP contribution in [-0.2, 0) is 46.5 Å². The molecule has 0 saturated carbocycles. The van der Waals surface area contributed by atoms with Crippen LogP contribution < -0.4 is 37.9 Å². The number of aliphatic hydroxyl groups excluding tert-OH is 2. The number of carbonyl (C=O) groups is 3. The molecule has 0 radical (unpaired) electrons. The summed E-state index contributed by atoms with van der Waals surface area (Å²) in [6, 6.07) is 31.3. The molecule has 2 atom stereocenters. The minimum absolute atomic E-state index is 0.0112. The molecule has 13 nitrogen and oxygen atoms in total. The van der Waals surface area contributed by atoms with Gasteiger partial charge in [-0.3, -0.25) is 14.4 Å². The van der Waals surface area contributed by atoms with E-state index < -0.39 is 36.7 Å². The van der Waals surface area contributed by atoms with Crippen LogP contribution in [0.2, 0.25) is 0 Å². The Labute approximate surface area is 425 Å². The van der Waals surface area contributed by atoms with E-state index in [1.54, 1.807) is 78.9 Å². The lowest BCUT2D eigenvalue weighted by atomic mass is 10.0. The normalized spacial score (nSPS) is 11.5. The molecule has 0 amide bonds. The van der Waals surface area contributed by atoms with Gasteiger partial charge >= 0.3 is 17.9 Å². The Morgan fingerprint density at radius 3 is 1.19 bits per heavy atom. The summed E-state index contributed by atoms with van der Waals surface area (Å²) < 4.78 is 49.0. The van der Waals surface area contributed by atoms with E-state index >= 15 is 0 Å². The highest BCUT2D eigenvalue weighted by molar-refractivity contribution is 5.76. The molecule has 0 aliphatic heterocycles. The lowest BCUT2D eigenvalue weighted by molar-refractivity contribution is -0.134. The summed E-state index contributed by atoms with van der Waals surface area (Å²) in [7, 11) is 0. The van der Waals surface area contributed by atoms with Crippen LogP contribution in [-0.4, -0.2) is 40.8 Å². The number of benzene rings is 6. The Hall–Kier alpha value is -8.65. The van der Waals surface area contributed by atoms with Gasteiger partial charge in [0.25, 0.3) is 0 Å². The summed E-state index contributed by atoms with van der Waals surface area (Å²) >= 11 is 0. The van der Waals surface area contributed by atoms with Crippen molar-refractivity contribution in [2.45, 2.75) is 65.1 Å². The summed E-state index contributed by atoms with van der Waals surface area (Å²) in [6.45, 7) is 22.1. The fourth-order valence-electron chi connectivity index (χ4n) is 7.40. The van der Waals surface area contributed by atoms with Crippen LogP contribution in [0.5, 0.6) is 69.0 Å². The van der Waals surface area contributed by atoms with Crippen LogP contribution in [0, 0.1) is 0 Å². The Morgan fingerprint density at radius 1 is 0.425 bits per heavy atom. The maximum absolute atomic E-state index is 12.7. The van der Waals surface area contributed by atoms with Gasteiger partial charge in [0.1, 0.15) is 36.1 Å². The van der Waals surface area contributed by atoms with Crippen LogP contribution in [0.15, 0.2) is 172 Å². The maximum atomic E-state index is 12.7. The van der Waals surface area contributed by atoms with Crippen molar-refractivity contribution in [2.75, 3.05) is 6.61 Å². The highest BCUT2D eigenvalue weighted by atomic mass is 16.6. The number of ether oxygens (including phenoxy) is 8. The Morgan fingerprint density at radius 2 is 0.767 bits per heavy atom. The van der Waals surface area contributed by atoms with Crippen molar-refractivity contribution in [2.24, 2.45) is 0 Å². The summed E-state index contributed by atoms with van der Waals surface area (Å²) in [5.74, 6) is -1.37. The smallest absolute Gasteiger partial charge is 0.308 e. The van der Waals surface area contributed by atoms with E-state index in [1.807, 2.05) is 48.5 Å². The molecule has 376 valence electrons. The molecule has 0 heterocycles. The molecule has 6 aromatic rings. The molecular weight excluding hydrogens is 929 g/mol. The van der Waals surface area contributed by atoms with Gasteiger partial charge in [-0.15, -0.1) is 32.9 Å². The molecule has 2 unspecified atom stereocenters. The molecule has 6 aromatic carbocycles. The van der Waals surface area contributed by atoms with Gasteiger partial charge in [-0.05, 0) is 138 Å². The molecule has 0 aromatic heterocycles. The van der Waals surface area contributed by atoms with E-state index in [4.69, 9.17) is 37.9 Å². The average molecular weight is 987 g/mol. The number of allylic oxidation sites excluding steroid dienone is 5. The minimum atomic E-state index is -1.79. The number of carbonyl (C=O) groups excluding carboxylic acids is 3. The second-order valence-corrected chi connectivity index (χ2v) is 16.6. The largest absolute Gasteiger partial charge is 0.484 e. The molecule has 0 aliphatic rings. The summed E-state index contributed by atoms with van der Waals surface area (Å²) in [6.07, 6.45) is 7.90. The van der Waals surface area contributed by atoms with Gasteiger partial charge in [0.2, 0.25) is 17.2 Å².